The monoisotopic (exact) mass is 241 g/mol. The molecule has 1 aliphatic rings. The van der Waals surface area contributed by atoms with Crippen LogP contribution in [0, 0.1) is 5.41 Å². The Bertz CT molecular complexity index is 299. The molecule has 0 atom stereocenters. The van der Waals surface area contributed by atoms with Gasteiger partial charge in [0.15, 0.2) is 0 Å². The van der Waals surface area contributed by atoms with Crippen LogP contribution in [0.25, 0.3) is 0 Å². The smallest absolute Gasteiger partial charge is 0.229 e. The number of carbonyl (C=O) groups is 2. The van der Waals surface area contributed by atoms with Crippen LogP contribution in [-0.2, 0) is 9.59 Å². The maximum atomic E-state index is 11.9. The summed E-state index contributed by atoms with van der Waals surface area (Å²) >= 11 is 0. The fourth-order valence-corrected chi connectivity index (χ4v) is 2.16. The van der Waals surface area contributed by atoms with Gasteiger partial charge >= 0.3 is 0 Å². The van der Waals surface area contributed by atoms with Gasteiger partial charge in [0.2, 0.25) is 11.8 Å². The van der Waals surface area contributed by atoms with E-state index in [9.17, 15) is 14.7 Å². The molecule has 1 aliphatic heterocycles. The van der Waals surface area contributed by atoms with Crippen LogP contribution < -0.4 is 0 Å². The lowest BCUT2D eigenvalue weighted by atomic mass is 9.81. The van der Waals surface area contributed by atoms with Crippen LogP contribution in [0.5, 0.6) is 0 Å². The summed E-state index contributed by atoms with van der Waals surface area (Å²) in [6.07, 6.45) is 1.85. The Balaban J connectivity index is 2.79. The number of likely N-dealkylation sites (tertiary alicyclic amines) is 1. The molecule has 0 radical (unpaired) electrons. The van der Waals surface area contributed by atoms with Gasteiger partial charge in [0.25, 0.3) is 0 Å². The first-order valence-corrected chi connectivity index (χ1v) is 6.28. The molecular formula is C13H23NO3. The highest BCUT2D eigenvalue weighted by Gasteiger charge is 2.40. The molecule has 0 aromatic carbocycles. The summed E-state index contributed by atoms with van der Waals surface area (Å²) < 4.78 is 0. The fraction of sp³-hybridized carbons (Fsp3) is 0.846. The number of rotatable bonds is 4. The minimum atomic E-state index is -0.938. The third-order valence-electron chi connectivity index (χ3n) is 3.63. The van der Waals surface area contributed by atoms with Gasteiger partial charge in [-0.05, 0) is 18.3 Å². The normalized spacial score (nSPS) is 20.9. The van der Waals surface area contributed by atoms with Crippen molar-refractivity contribution in [3.8, 4) is 0 Å². The standard InChI is InChI=1S/C13H23NO3/c1-5-13(17,6-2)9-14-10(15)7-12(3,4)8-11(14)16/h17H,5-9H2,1-4H3. The Morgan fingerprint density at radius 3 is 1.94 bits per heavy atom. The second-order valence-electron chi connectivity index (χ2n) is 5.82. The van der Waals surface area contributed by atoms with Crippen molar-refractivity contribution in [2.75, 3.05) is 6.54 Å². The van der Waals surface area contributed by atoms with Crippen molar-refractivity contribution in [1.82, 2.24) is 4.90 Å². The Morgan fingerprint density at radius 2 is 1.59 bits per heavy atom. The van der Waals surface area contributed by atoms with E-state index in [2.05, 4.69) is 0 Å². The number of imide groups is 1. The molecule has 17 heavy (non-hydrogen) atoms. The summed E-state index contributed by atoms with van der Waals surface area (Å²) in [4.78, 5) is 25.1. The zero-order valence-electron chi connectivity index (χ0n) is 11.2. The van der Waals surface area contributed by atoms with E-state index in [4.69, 9.17) is 0 Å². The van der Waals surface area contributed by atoms with E-state index in [1.807, 2.05) is 27.7 Å². The Morgan fingerprint density at radius 1 is 1.18 bits per heavy atom. The molecule has 0 spiro atoms. The molecule has 2 amide bonds. The van der Waals surface area contributed by atoms with E-state index in [1.165, 1.54) is 4.90 Å². The maximum Gasteiger partial charge on any atom is 0.229 e. The van der Waals surface area contributed by atoms with Gasteiger partial charge in [-0.15, -0.1) is 0 Å². The van der Waals surface area contributed by atoms with Crippen molar-refractivity contribution in [3.05, 3.63) is 0 Å². The molecule has 0 bridgehead atoms. The second-order valence-corrected chi connectivity index (χ2v) is 5.82. The summed E-state index contributed by atoms with van der Waals surface area (Å²) in [6, 6.07) is 0. The van der Waals surface area contributed by atoms with Crippen LogP contribution in [-0.4, -0.2) is 34.0 Å². The summed E-state index contributed by atoms with van der Waals surface area (Å²) in [5.74, 6) is -0.321. The zero-order valence-corrected chi connectivity index (χ0v) is 11.2. The lowest BCUT2D eigenvalue weighted by Gasteiger charge is -2.38. The highest BCUT2D eigenvalue weighted by atomic mass is 16.3. The average molecular weight is 241 g/mol. The van der Waals surface area contributed by atoms with E-state index in [-0.39, 0.29) is 23.8 Å². The van der Waals surface area contributed by atoms with Crippen molar-refractivity contribution in [1.29, 1.82) is 0 Å². The molecular weight excluding hydrogens is 218 g/mol. The third kappa shape index (κ3) is 3.28. The molecule has 0 unspecified atom stereocenters. The minimum absolute atomic E-state index is 0.133. The lowest BCUT2D eigenvalue weighted by molar-refractivity contribution is -0.157. The van der Waals surface area contributed by atoms with E-state index < -0.39 is 5.60 Å². The number of nitrogens with zero attached hydrogens (tertiary/aromatic N) is 1. The molecule has 98 valence electrons. The van der Waals surface area contributed by atoms with Crippen molar-refractivity contribution in [2.24, 2.45) is 5.41 Å². The first kappa shape index (κ1) is 14.2. The quantitative estimate of drug-likeness (QED) is 0.762. The maximum absolute atomic E-state index is 11.9. The molecule has 1 N–H and O–H groups in total. The van der Waals surface area contributed by atoms with Gasteiger partial charge in [0.05, 0.1) is 12.1 Å². The highest BCUT2D eigenvalue weighted by Crippen LogP contribution is 2.32. The van der Waals surface area contributed by atoms with Gasteiger partial charge in [-0.1, -0.05) is 27.7 Å². The van der Waals surface area contributed by atoms with E-state index in [0.717, 1.165) is 0 Å². The summed E-state index contributed by atoms with van der Waals surface area (Å²) in [6.45, 7) is 7.71. The predicted molar refractivity (Wildman–Crippen MR) is 65.3 cm³/mol. The number of hydrogen-bond acceptors (Lipinski definition) is 3. The molecule has 1 fully saturated rings. The topological polar surface area (TPSA) is 57.6 Å². The van der Waals surface area contributed by atoms with Gasteiger partial charge in [0, 0.05) is 12.8 Å². The number of β-amino-alcohol motifs (C(OH)–C–C–N with tert-alkyl or cyclic N) is 1. The fourth-order valence-electron chi connectivity index (χ4n) is 2.16. The Labute approximate surface area is 103 Å². The summed E-state index contributed by atoms with van der Waals surface area (Å²) in [5, 5.41) is 10.2. The zero-order chi connectivity index (χ0) is 13.3. The van der Waals surface area contributed by atoms with Crippen LogP contribution in [0.3, 0.4) is 0 Å². The van der Waals surface area contributed by atoms with Gasteiger partial charge in [-0.3, -0.25) is 14.5 Å². The molecule has 1 heterocycles. The van der Waals surface area contributed by atoms with Gasteiger partial charge in [0.1, 0.15) is 0 Å². The molecule has 0 aliphatic carbocycles. The van der Waals surface area contributed by atoms with E-state index >= 15 is 0 Å². The lowest BCUT2D eigenvalue weighted by Crippen LogP contribution is -2.52. The molecule has 1 rings (SSSR count). The molecule has 0 aromatic heterocycles. The molecule has 0 saturated carbocycles. The molecule has 1 saturated heterocycles. The Hall–Kier alpha value is -0.900. The average Bonchev–Trinajstić information content (AvgIpc) is 2.22. The third-order valence-corrected chi connectivity index (χ3v) is 3.63. The van der Waals surface area contributed by atoms with Crippen LogP contribution in [0.2, 0.25) is 0 Å². The first-order valence-electron chi connectivity index (χ1n) is 6.28. The summed E-state index contributed by atoms with van der Waals surface area (Å²) in [7, 11) is 0. The SMILES string of the molecule is CCC(O)(CC)CN1C(=O)CC(C)(C)CC1=O. The van der Waals surface area contributed by atoms with Crippen LogP contribution in [0.4, 0.5) is 0 Å². The molecule has 4 nitrogen and oxygen atoms in total. The van der Waals surface area contributed by atoms with Gasteiger partial charge in [-0.25, -0.2) is 0 Å². The van der Waals surface area contributed by atoms with Gasteiger partial charge < -0.3 is 5.11 Å². The number of amides is 2. The predicted octanol–water partition coefficient (Wildman–Crippen LogP) is 1.71. The van der Waals surface area contributed by atoms with Crippen LogP contribution >= 0.6 is 0 Å². The minimum Gasteiger partial charge on any atom is -0.388 e. The van der Waals surface area contributed by atoms with E-state index in [1.54, 1.807) is 0 Å². The number of aliphatic hydroxyl groups is 1. The van der Waals surface area contributed by atoms with Crippen molar-refractivity contribution in [2.45, 2.75) is 59.0 Å². The largest absolute Gasteiger partial charge is 0.388 e. The molecule has 4 heteroatoms. The highest BCUT2D eigenvalue weighted by molar-refractivity contribution is 5.98. The number of piperidine rings is 1. The van der Waals surface area contributed by atoms with Crippen LogP contribution in [0.1, 0.15) is 53.4 Å². The second kappa shape index (κ2) is 4.77. The van der Waals surface area contributed by atoms with Gasteiger partial charge in [-0.2, -0.15) is 0 Å². The van der Waals surface area contributed by atoms with Crippen molar-refractivity contribution >= 4 is 11.8 Å². The first-order chi connectivity index (χ1) is 7.73. The summed E-state index contributed by atoms with van der Waals surface area (Å²) in [5.41, 5.74) is -1.19. The van der Waals surface area contributed by atoms with Crippen molar-refractivity contribution < 1.29 is 14.7 Å². The van der Waals surface area contributed by atoms with E-state index in [0.29, 0.717) is 25.7 Å². The number of hydrogen-bond donors (Lipinski definition) is 1. The Kier molecular flexibility index (Phi) is 3.97. The molecule has 0 aromatic rings. The number of carbonyl (C=O) groups excluding carboxylic acids is 2. The van der Waals surface area contributed by atoms with Crippen LogP contribution in [0.15, 0.2) is 0 Å². The van der Waals surface area contributed by atoms with Crippen molar-refractivity contribution in [3.63, 3.8) is 0 Å².